The van der Waals surface area contributed by atoms with Gasteiger partial charge in [-0.15, -0.1) is 6.58 Å². The fraction of sp³-hybridized carbons (Fsp3) is 0.441. The van der Waals surface area contributed by atoms with Crippen molar-refractivity contribution in [2.45, 2.75) is 133 Å². The zero-order valence-electron chi connectivity index (χ0n) is 43.1. The molecule has 0 radical (unpaired) electrons. The van der Waals surface area contributed by atoms with E-state index >= 15 is 0 Å². The van der Waals surface area contributed by atoms with Crippen LogP contribution < -0.4 is 4.74 Å². The van der Waals surface area contributed by atoms with Gasteiger partial charge in [0.1, 0.15) is 48.5 Å². The molecule has 8 rings (SSSR count). The van der Waals surface area contributed by atoms with Crippen molar-refractivity contribution in [3.8, 4) is 5.75 Å². The molecule has 0 amide bonds. The smallest absolute Gasteiger partial charge is 0.338 e. The Morgan fingerprint density at radius 3 is 1.85 bits per heavy atom. The SMILES string of the molecule is C=CCO[C@H]1[C@H]2O[C@@H](c3ccccc3)OC[C@H]2O[C@@H](O[C@H]2[C@H](OCc3ccccc3)[C@@H](OC(=O)c3ccccc3)[C@H](OCc3ccccc3)O[C@@H]2CO[Si](C)(C)C(C)(C)C(C)C)[C@@H]1OCc1ccc(OC)cc1. The molecule has 0 aliphatic carbocycles. The van der Waals surface area contributed by atoms with E-state index in [1.165, 1.54) is 0 Å². The number of methoxy groups -OCH3 is 1. The van der Waals surface area contributed by atoms with Gasteiger partial charge in [-0.05, 0) is 65.0 Å². The Bertz CT molecular complexity index is 2440. The molecule has 0 spiro atoms. The molecule has 390 valence electrons. The lowest BCUT2D eigenvalue weighted by Gasteiger charge is -2.52. The third-order valence-electron chi connectivity index (χ3n) is 14.6. The number of carbonyl (C=O) groups excluding carboxylic acids is 1. The molecule has 3 heterocycles. The highest BCUT2D eigenvalue weighted by molar-refractivity contribution is 6.74. The third-order valence-corrected chi connectivity index (χ3v) is 19.2. The fourth-order valence-electron chi connectivity index (χ4n) is 9.13. The molecule has 3 fully saturated rings. The Morgan fingerprint density at radius 2 is 1.25 bits per heavy atom. The molecule has 13 nitrogen and oxygen atoms in total. The maximum atomic E-state index is 14.4. The highest BCUT2D eigenvalue weighted by Gasteiger charge is 2.57. The number of hydrogen-bond acceptors (Lipinski definition) is 13. The number of esters is 1. The number of rotatable bonds is 23. The summed E-state index contributed by atoms with van der Waals surface area (Å²) in [6, 6.07) is 45.8. The van der Waals surface area contributed by atoms with Crippen LogP contribution in [0.25, 0.3) is 0 Å². The minimum Gasteiger partial charge on any atom is -0.497 e. The van der Waals surface area contributed by atoms with Crippen molar-refractivity contribution in [1.82, 2.24) is 0 Å². The summed E-state index contributed by atoms with van der Waals surface area (Å²) in [5.74, 6) is 0.448. The van der Waals surface area contributed by atoms with Gasteiger partial charge in [-0.25, -0.2) is 4.79 Å². The Labute approximate surface area is 432 Å². The van der Waals surface area contributed by atoms with Crippen LogP contribution in [0.5, 0.6) is 5.75 Å². The first kappa shape index (κ1) is 54.2. The topological polar surface area (TPSA) is 128 Å². The lowest BCUT2D eigenvalue weighted by Crippen LogP contribution is -2.67. The molecular formula is C59H72O13Si. The van der Waals surface area contributed by atoms with Crippen molar-refractivity contribution in [2.24, 2.45) is 5.92 Å². The van der Waals surface area contributed by atoms with E-state index in [0.717, 1.165) is 22.3 Å². The summed E-state index contributed by atoms with van der Waals surface area (Å²) >= 11 is 0. The molecule has 73 heavy (non-hydrogen) atoms. The second-order valence-corrected chi connectivity index (χ2v) is 24.7. The van der Waals surface area contributed by atoms with Crippen LogP contribution >= 0.6 is 0 Å². The predicted molar refractivity (Wildman–Crippen MR) is 278 cm³/mol. The molecule has 5 aromatic carbocycles. The molecule has 0 saturated carbocycles. The van der Waals surface area contributed by atoms with Crippen LogP contribution in [0.15, 0.2) is 158 Å². The fourth-order valence-corrected chi connectivity index (χ4v) is 11.5. The monoisotopic (exact) mass is 1020 g/mol. The van der Waals surface area contributed by atoms with Crippen LogP contribution in [0.3, 0.4) is 0 Å². The minimum absolute atomic E-state index is 0.0906. The standard InChI is InChI=1S/C59H72O13Si/c1-9-34-62-51-49-47(38-66-56(71-49)45-28-20-13-21-29-45)69-58(53(51)64-36-43-30-32-46(61-6)33-31-43)72-50-48(39-67-73(7,8)59(4,5)40(2)3)68-57(65-37-42-24-16-11-17-25-42)54(70-55(60)44-26-18-12-19-27-44)52(50)63-35-41-22-14-10-15-23-41/h9-33,40,47-54,56-58H,1,34-39H2,2-8H3/t47-,48-,49+,50-,51+,52+,53-,54-,56+,57-,58+/m1/s1. The molecule has 3 aliphatic heterocycles. The number of benzene rings is 5. The number of fused-ring (bicyclic) bond motifs is 1. The average Bonchev–Trinajstić information content (AvgIpc) is 3.42. The van der Waals surface area contributed by atoms with Crippen LogP contribution in [0, 0.1) is 5.92 Å². The molecule has 0 N–H and O–H groups in total. The normalized spacial score (nSPS) is 26.4. The van der Waals surface area contributed by atoms with Gasteiger partial charge in [-0.3, -0.25) is 0 Å². The maximum Gasteiger partial charge on any atom is 0.338 e. The molecular weight excluding hydrogens is 945 g/mol. The van der Waals surface area contributed by atoms with Crippen molar-refractivity contribution >= 4 is 14.3 Å². The van der Waals surface area contributed by atoms with E-state index in [-0.39, 0.29) is 44.7 Å². The Kier molecular flexibility index (Phi) is 18.9. The second kappa shape index (κ2) is 25.4. The van der Waals surface area contributed by atoms with Gasteiger partial charge in [0.05, 0.1) is 52.3 Å². The zero-order chi connectivity index (χ0) is 51.4. The van der Waals surface area contributed by atoms with Crippen LogP contribution in [0.4, 0.5) is 0 Å². The summed E-state index contributed by atoms with van der Waals surface area (Å²) in [5.41, 5.74) is 3.87. The van der Waals surface area contributed by atoms with E-state index in [4.69, 9.17) is 56.5 Å². The molecule has 5 aromatic rings. The molecule has 3 saturated heterocycles. The van der Waals surface area contributed by atoms with Gasteiger partial charge >= 0.3 is 5.97 Å². The lowest BCUT2D eigenvalue weighted by molar-refractivity contribution is -0.394. The largest absolute Gasteiger partial charge is 0.497 e. The Balaban J connectivity index is 1.22. The van der Waals surface area contributed by atoms with Gasteiger partial charge in [0.15, 0.2) is 33.3 Å². The molecule has 0 unspecified atom stereocenters. The molecule has 14 heteroatoms. The summed E-state index contributed by atoms with van der Waals surface area (Å²) in [5, 5.41) is -0.144. The van der Waals surface area contributed by atoms with E-state index in [1.54, 1.807) is 37.5 Å². The van der Waals surface area contributed by atoms with Crippen LogP contribution in [-0.2, 0) is 71.6 Å². The van der Waals surface area contributed by atoms with Crippen molar-refractivity contribution < 1.29 is 61.3 Å². The molecule has 3 aliphatic rings. The van der Waals surface area contributed by atoms with Gasteiger partial charge in [0.2, 0.25) is 0 Å². The summed E-state index contributed by atoms with van der Waals surface area (Å²) < 4.78 is 81.3. The van der Waals surface area contributed by atoms with Gasteiger partial charge < -0.3 is 56.5 Å². The summed E-state index contributed by atoms with van der Waals surface area (Å²) in [6.07, 6.45) is -8.40. The summed E-state index contributed by atoms with van der Waals surface area (Å²) in [6.45, 7) is 18.3. The lowest BCUT2D eigenvalue weighted by atomic mass is 9.95. The molecule has 11 atom stereocenters. The van der Waals surface area contributed by atoms with E-state index in [9.17, 15) is 4.79 Å². The second-order valence-electron chi connectivity index (χ2n) is 20.1. The van der Waals surface area contributed by atoms with Crippen molar-refractivity contribution in [3.05, 3.63) is 186 Å². The Hall–Kier alpha value is -5.07. The van der Waals surface area contributed by atoms with Crippen LogP contribution in [-0.4, -0.2) is 103 Å². The number of ether oxygens (including phenoxy) is 11. The minimum atomic E-state index is -2.52. The first-order valence-electron chi connectivity index (χ1n) is 25.3. The van der Waals surface area contributed by atoms with Gasteiger partial charge in [0.25, 0.3) is 0 Å². The van der Waals surface area contributed by atoms with Crippen molar-refractivity contribution in [1.29, 1.82) is 0 Å². The maximum absolute atomic E-state index is 14.4. The Morgan fingerprint density at radius 1 is 0.671 bits per heavy atom. The molecule has 0 bridgehead atoms. The first-order valence-corrected chi connectivity index (χ1v) is 28.2. The highest BCUT2D eigenvalue weighted by atomic mass is 28.4. The zero-order valence-corrected chi connectivity index (χ0v) is 44.1. The van der Waals surface area contributed by atoms with Crippen LogP contribution in [0.2, 0.25) is 18.1 Å². The van der Waals surface area contributed by atoms with Gasteiger partial charge in [-0.2, -0.15) is 0 Å². The van der Waals surface area contributed by atoms with Gasteiger partial charge in [-0.1, -0.05) is 155 Å². The van der Waals surface area contributed by atoms with Crippen molar-refractivity contribution in [3.63, 3.8) is 0 Å². The summed E-state index contributed by atoms with van der Waals surface area (Å²) in [7, 11) is -0.888. The number of hydrogen-bond donors (Lipinski definition) is 0. The summed E-state index contributed by atoms with van der Waals surface area (Å²) in [4.78, 5) is 14.4. The van der Waals surface area contributed by atoms with E-state index in [1.807, 2.05) is 121 Å². The first-order chi connectivity index (χ1) is 35.3. The van der Waals surface area contributed by atoms with Gasteiger partial charge in [0, 0.05) is 5.56 Å². The average molecular weight is 1020 g/mol. The third kappa shape index (κ3) is 13.6. The number of carbonyl (C=O) groups is 1. The predicted octanol–water partition coefficient (Wildman–Crippen LogP) is 10.8. The quantitative estimate of drug-likeness (QED) is 0.0350. The van der Waals surface area contributed by atoms with E-state index in [2.05, 4.69) is 47.4 Å². The van der Waals surface area contributed by atoms with E-state index < -0.39 is 82.0 Å². The highest BCUT2D eigenvalue weighted by Crippen LogP contribution is 2.46. The van der Waals surface area contributed by atoms with E-state index in [0.29, 0.717) is 17.2 Å². The van der Waals surface area contributed by atoms with Crippen LogP contribution in [0.1, 0.15) is 66.6 Å². The van der Waals surface area contributed by atoms with Crippen molar-refractivity contribution in [2.75, 3.05) is 26.9 Å². The molecule has 0 aromatic heterocycles.